The van der Waals surface area contributed by atoms with Crippen molar-refractivity contribution in [3.63, 3.8) is 0 Å². The van der Waals surface area contributed by atoms with Gasteiger partial charge in [0.15, 0.2) is 23.3 Å². The molecule has 5 heterocycles. The van der Waals surface area contributed by atoms with Crippen LogP contribution in [0.15, 0.2) is 87.7 Å². The van der Waals surface area contributed by atoms with Gasteiger partial charge in [-0.1, -0.05) is 273 Å². The van der Waals surface area contributed by atoms with E-state index in [0.717, 1.165) is 107 Å². The molecule has 8 bridgehead atoms. The van der Waals surface area contributed by atoms with Crippen LogP contribution in [-0.2, 0) is 0 Å². The molecule has 0 radical (unpaired) electrons. The maximum absolute atomic E-state index is 5.86. The average molecular weight is 1570 g/mol. The van der Waals surface area contributed by atoms with E-state index in [-0.39, 0.29) is 0 Å². The number of aromatic amines is 2. The molecule has 7 aromatic rings. The van der Waals surface area contributed by atoms with Gasteiger partial charge in [-0.3, -0.25) is 0 Å². The van der Waals surface area contributed by atoms with Gasteiger partial charge in [0.1, 0.15) is 22.6 Å². The summed E-state index contributed by atoms with van der Waals surface area (Å²) >= 11 is 16.0. The van der Waals surface area contributed by atoms with Gasteiger partial charge >= 0.3 is 0 Å². The summed E-state index contributed by atoms with van der Waals surface area (Å²) in [5.74, 6) is 10.4. The number of nitrogens with zero attached hydrogens (tertiary/aromatic N) is 6. The van der Waals surface area contributed by atoms with Gasteiger partial charge in [-0.2, -0.15) is 0 Å². The van der Waals surface area contributed by atoms with Crippen molar-refractivity contribution in [1.82, 2.24) is 39.9 Å². The summed E-state index contributed by atoms with van der Waals surface area (Å²) in [5, 5.41) is 4.28. The maximum atomic E-state index is 5.86. The minimum Gasteiger partial charge on any atom is -0.324 e. The Bertz CT molecular complexity index is 3840. The van der Waals surface area contributed by atoms with Crippen molar-refractivity contribution in [2.45, 2.75) is 357 Å². The molecule has 105 heavy (non-hydrogen) atoms. The van der Waals surface area contributed by atoms with Gasteiger partial charge in [0, 0.05) is 83.0 Å². The zero-order valence-corrected chi connectivity index (χ0v) is 72.7. The molecule has 0 spiro atoms. The number of hydrogen-bond acceptors (Lipinski definition) is 14. The van der Waals surface area contributed by atoms with Crippen molar-refractivity contribution >= 4 is 138 Å². The zero-order chi connectivity index (χ0) is 73.5. The minimum atomic E-state index is 0.678. The second-order valence-electron chi connectivity index (χ2n) is 29.5. The number of benzene rings is 4. The highest BCUT2D eigenvalue weighted by Gasteiger charge is 2.27. The second-order valence-corrected chi connectivity index (χ2v) is 38.3. The molecule has 4 aromatic carbocycles. The van der Waals surface area contributed by atoms with Crippen LogP contribution >= 0.6 is 94.1 Å². The van der Waals surface area contributed by atoms with Crippen molar-refractivity contribution in [3.05, 3.63) is 48.5 Å². The molecule has 16 heteroatoms. The fourth-order valence-electron chi connectivity index (χ4n) is 14.2. The number of thioether (sulfide) groups is 8. The summed E-state index contributed by atoms with van der Waals surface area (Å²) in [6.07, 6.45) is 56.2. The lowest BCUT2D eigenvalue weighted by Crippen LogP contribution is -1.91. The number of aromatic nitrogens is 8. The van der Waals surface area contributed by atoms with Gasteiger partial charge in [-0.05, 0) is 140 Å². The van der Waals surface area contributed by atoms with E-state index >= 15 is 0 Å². The molecule has 576 valence electrons. The highest BCUT2D eigenvalue weighted by atomic mass is 32.2. The van der Waals surface area contributed by atoms with Gasteiger partial charge in [0.25, 0.3) is 0 Å². The second kappa shape index (κ2) is 50.1. The summed E-state index contributed by atoms with van der Waals surface area (Å²) in [6, 6.07) is 19.5. The Morgan fingerprint density at radius 2 is 0.381 bits per heavy atom. The molecule has 0 saturated heterocycles. The van der Waals surface area contributed by atoms with Gasteiger partial charge in [0.05, 0.1) is 0 Å². The lowest BCUT2D eigenvalue weighted by molar-refractivity contribution is 0.626. The SMILES string of the molecule is CCCCCCCCSc1cc2c(cc1SC)-c1nc-2nc2[nH]c(nc3nc(nc4[nH]c(n1)c1cc(SCCCCCCCC)c(SCCCCCCCC)cc41)-c1cc(SCCCCCCCC)c(SCCCCCCCC)cc1-3)c1cc(SCCCCCCCC)c(SCCCCCCCC)cc21. The molecule has 0 saturated carbocycles. The molecular weight excluding hydrogens is 1440 g/mol. The molecule has 0 aliphatic carbocycles. The fraction of sp³-hybridized carbons (Fsp3) is 0.640. The summed E-state index contributed by atoms with van der Waals surface area (Å²) in [6.45, 7) is 16.2. The van der Waals surface area contributed by atoms with Crippen LogP contribution < -0.4 is 0 Å². The van der Waals surface area contributed by atoms with E-state index in [4.69, 9.17) is 29.9 Å². The molecule has 0 fully saturated rings. The van der Waals surface area contributed by atoms with Crippen LogP contribution in [0.25, 0.3) is 89.7 Å². The first kappa shape index (κ1) is 86.0. The molecule has 8 nitrogen and oxygen atoms in total. The van der Waals surface area contributed by atoms with E-state index in [2.05, 4.69) is 113 Å². The average Bonchev–Trinajstić information content (AvgIpc) is 1.60. The zero-order valence-electron chi connectivity index (χ0n) is 66.2. The summed E-state index contributed by atoms with van der Waals surface area (Å²) in [7, 11) is 0. The number of hydrogen-bond donors (Lipinski definition) is 2. The predicted octanol–water partition coefficient (Wildman–Crippen LogP) is 31.8. The topological polar surface area (TPSA) is 109 Å². The third-order valence-corrected chi connectivity index (χ3v) is 29.9. The molecule has 9 rings (SSSR count). The molecule has 0 amide bonds. The molecule has 2 aliphatic heterocycles. The molecule has 2 N–H and O–H groups in total. The highest BCUT2D eigenvalue weighted by molar-refractivity contribution is 8.03. The third kappa shape index (κ3) is 27.4. The standard InChI is InChI=1S/C89H132N8S8/c1-9-16-23-30-37-44-51-99-75-59-67-66(58-74(75)98-8)82-90-83(67)92-85-70-62-78(102-54-47-40-33-26-19-12-4)79(103-55-48-41-34-27-20-13-5)63-71(70)87(94-85)96-89-73-65-81(105-57-50-43-36-29-22-15-7)80(104-56-49-42-35-28-21-14-6)64-72(73)88(97-89)95-86-69-61-77(101-53-46-39-32-25-18-11-3)76(60-68(69)84(91-82)93-86)100-52-45-38-31-24-17-10-2/h58-65H,9-57H2,1-8H3,(H2,90,91,92,93,94,95,96,97). The summed E-state index contributed by atoms with van der Waals surface area (Å²) in [4.78, 5) is 53.2. The van der Waals surface area contributed by atoms with Crippen molar-refractivity contribution in [1.29, 1.82) is 0 Å². The van der Waals surface area contributed by atoms with E-state index in [0.29, 0.717) is 23.3 Å². The van der Waals surface area contributed by atoms with Crippen molar-refractivity contribution in [2.24, 2.45) is 0 Å². The van der Waals surface area contributed by atoms with E-state index in [1.165, 1.54) is 309 Å². The molecule has 0 atom stereocenters. The van der Waals surface area contributed by atoms with Gasteiger partial charge in [0.2, 0.25) is 0 Å². The highest BCUT2D eigenvalue weighted by Crippen LogP contribution is 2.47. The number of fused-ring (bicyclic) bond motifs is 20. The Morgan fingerprint density at radius 1 is 0.210 bits per heavy atom. The fourth-order valence-corrected chi connectivity index (χ4v) is 23.0. The summed E-state index contributed by atoms with van der Waals surface area (Å²) in [5.41, 5.74) is 7.26. The monoisotopic (exact) mass is 1570 g/mol. The first-order valence-electron chi connectivity index (χ1n) is 42.3. The number of nitrogens with one attached hydrogen (secondary N) is 2. The largest absolute Gasteiger partial charge is 0.324 e. The smallest absolute Gasteiger partial charge is 0.164 e. The van der Waals surface area contributed by atoms with Crippen molar-refractivity contribution < 1.29 is 0 Å². The molecule has 3 aromatic heterocycles. The maximum Gasteiger partial charge on any atom is 0.164 e. The first-order chi connectivity index (χ1) is 51.8. The normalized spacial score (nSPS) is 12.1. The number of rotatable bonds is 57. The number of unbranched alkanes of at least 4 members (excludes halogenated alkanes) is 35. The quantitative estimate of drug-likeness (QED) is 0.0279. The van der Waals surface area contributed by atoms with Crippen LogP contribution in [0.5, 0.6) is 0 Å². The Balaban J connectivity index is 1.30. The van der Waals surface area contributed by atoms with E-state index in [1.807, 2.05) is 94.1 Å². The Morgan fingerprint density at radius 3 is 0.581 bits per heavy atom. The third-order valence-electron chi connectivity index (χ3n) is 20.6. The van der Waals surface area contributed by atoms with E-state index in [1.54, 1.807) is 0 Å². The van der Waals surface area contributed by atoms with Crippen LogP contribution in [0.1, 0.15) is 318 Å². The lowest BCUT2D eigenvalue weighted by Gasteiger charge is -2.12. The van der Waals surface area contributed by atoms with E-state index < -0.39 is 0 Å². The van der Waals surface area contributed by atoms with Crippen LogP contribution in [-0.4, -0.2) is 86.4 Å². The molecule has 0 unspecified atom stereocenters. The lowest BCUT2D eigenvalue weighted by atomic mass is 10.1. The minimum absolute atomic E-state index is 0.678. The Labute approximate surface area is 670 Å². The Hall–Kier alpha value is -2.96. The van der Waals surface area contributed by atoms with Crippen LogP contribution in [0.3, 0.4) is 0 Å². The summed E-state index contributed by atoms with van der Waals surface area (Å²) < 4.78 is 0. The van der Waals surface area contributed by atoms with Crippen molar-refractivity contribution in [3.8, 4) is 45.6 Å². The van der Waals surface area contributed by atoms with Crippen LogP contribution in [0, 0.1) is 0 Å². The number of H-pyrrole nitrogens is 2. The van der Waals surface area contributed by atoms with Gasteiger partial charge in [-0.15, -0.1) is 94.1 Å². The van der Waals surface area contributed by atoms with E-state index in [9.17, 15) is 0 Å². The van der Waals surface area contributed by atoms with Crippen molar-refractivity contribution in [2.75, 3.05) is 46.5 Å². The molecular formula is C89H132N8S8. The van der Waals surface area contributed by atoms with Gasteiger partial charge in [-0.25, -0.2) is 29.9 Å². The van der Waals surface area contributed by atoms with Gasteiger partial charge < -0.3 is 9.97 Å². The first-order valence-corrected chi connectivity index (χ1v) is 50.4. The Kier molecular flexibility index (Phi) is 41.1. The molecule has 2 aliphatic rings. The van der Waals surface area contributed by atoms with Crippen LogP contribution in [0.4, 0.5) is 0 Å². The van der Waals surface area contributed by atoms with Crippen LogP contribution in [0.2, 0.25) is 0 Å². The predicted molar refractivity (Wildman–Crippen MR) is 477 cm³/mol.